The number of aromatic nitrogens is 3. The molecule has 0 aromatic carbocycles. The molecule has 0 unspecified atom stereocenters. The Bertz CT molecular complexity index is 842. The third kappa shape index (κ3) is 5.19. The van der Waals surface area contributed by atoms with Crippen molar-refractivity contribution in [3.63, 3.8) is 0 Å². The Kier molecular flexibility index (Phi) is 6.00. The minimum atomic E-state index is -0.565. The highest BCUT2D eigenvalue weighted by Gasteiger charge is 2.36. The van der Waals surface area contributed by atoms with Crippen LogP contribution < -0.4 is 10.6 Å². The molecule has 0 bridgehead atoms. The number of carbonyl (C=O) groups is 2. The first-order valence-corrected chi connectivity index (χ1v) is 10.1. The standard InChI is InChI=1S/C21H31N5O3/c1-20(2,3)29-19(28)24-21(10-6-5-7-11-21)15-22-17(27)16-14-23-25(4)18(16)26-12-8-9-13-26/h8-9,12-14H,5-7,10-11,15H2,1-4H3,(H,22,27)(H,24,28). The Balaban J connectivity index is 1.72. The fraction of sp³-hybridized carbons (Fsp3) is 0.571. The third-order valence-electron chi connectivity index (χ3n) is 5.17. The van der Waals surface area contributed by atoms with E-state index in [1.54, 1.807) is 17.9 Å². The van der Waals surface area contributed by atoms with Gasteiger partial charge in [0.15, 0.2) is 0 Å². The maximum atomic E-state index is 13.0. The highest BCUT2D eigenvalue weighted by molar-refractivity contribution is 5.97. The van der Waals surface area contributed by atoms with Crippen molar-refractivity contribution >= 4 is 12.0 Å². The van der Waals surface area contributed by atoms with Crippen molar-refractivity contribution in [1.29, 1.82) is 0 Å². The molecule has 0 atom stereocenters. The van der Waals surface area contributed by atoms with Crippen LogP contribution >= 0.6 is 0 Å². The SMILES string of the molecule is Cn1ncc(C(=O)NCC2(NC(=O)OC(C)(C)C)CCCCC2)c1-n1cccc1. The zero-order valence-corrected chi connectivity index (χ0v) is 17.7. The first kappa shape index (κ1) is 21.0. The number of aryl methyl sites for hydroxylation is 1. The van der Waals surface area contributed by atoms with Crippen LogP contribution in [0.2, 0.25) is 0 Å². The van der Waals surface area contributed by atoms with E-state index in [2.05, 4.69) is 15.7 Å². The molecule has 1 aliphatic carbocycles. The number of nitrogens with zero attached hydrogens (tertiary/aromatic N) is 3. The lowest BCUT2D eigenvalue weighted by Gasteiger charge is -2.38. The van der Waals surface area contributed by atoms with Crippen LogP contribution in [-0.2, 0) is 11.8 Å². The van der Waals surface area contributed by atoms with Crippen molar-refractivity contribution in [2.75, 3.05) is 6.54 Å². The lowest BCUT2D eigenvalue weighted by Crippen LogP contribution is -2.57. The number of hydrogen-bond acceptors (Lipinski definition) is 4. The molecule has 0 saturated heterocycles. The summed E-state index contributed by atoms with van der Waals surface area (Å²) in [4.78, 5) is 25.3. The largest absolute Gasteiger partial charge is 0.444 e. The van der Waals surface area contributed by atoms with Crippen LogP contribution in [-0.4, -0.2) is 44.0 Å². The predicted molar refractivity (Wildman–Crippen MR) is 110 cm³/mol. The maximum Gasteiger partial charge on any atom is 0.408 e. The number of hydrogen-bond donors (Lipinski definition) is 2. The van der Waals surface area contributed by atoms with Gasteiger partial charge in [-0.25, -0.2) is 4.79 Å². The van der Waals surface area contributed by atoms with Crippen LogP contribution in [0.4, 0.5) is 4.79 Å². The Hall–Kier alpha value is -2.77. The zero-order chi connectivity index (χ0) is 21.1. The summed E-state index contributed by atoms with van der Waals surface area (Å²) in [5.41, 5.74) is -0.566. The molecule has 2 N–H and O–H groups in total. The second kappa shape index (κ2) is 8.31. The Labute approximate surface area is 171 Å². The van der Waals surface area contributed by atoms with Crippen LogP contribution in [0.3, 0.4) is 0 Å². The van der Waals surface area contributed by atoms with Crippen LogP contribution in [0.25, 0.3) is 5.82 Å². The molecule has 0 radical (unpaired) electrons. The molecule has 29 heavy (non-hydrogen) atoms. The molecule has 8 heteroatoms. The first-order chi connectivity index (χ1) is 13.7. The lowest BCUT2D eigenvalue weighted by molar-refractivity contribution is 0.0419. The van der Waals surface area contributed by atoms with Gasteiger partial charge in [-0.3, -0.25) is 9.48 Å². The normalized spacial score (nSPS) is 16.3. The molecular weight excluding hydrogens is 370 g/mol. The third-order valence-corrected chi connectivity index (χ3v) is 5.17. The summed E-state index contributed by atoms with van der Waals surface area (Å²) < 4.78 is 8.98. The number of amides is 2. The maximum absolute atomic E-state index is 13.0. The summed E-state index contributed by atoms with van der Waals surface area (Å²) in [6, 6.07) is 3.80. The fourth-order valence-corrected chi connectivity index (χ4v) is 3.81. The molecule has 2 aromatic rings. The van der Waals surface area contributed by atoms with E-state index in [9.17, 15) is 9.59 Å². The van der Waals surface area contributed by atoms with Gasteiger partial charge in [0.2, 0.25) is 0 Å². The summed E-state index contributed by atoms with van der Waals surface area (Å²) >= 11 is 0. The molecule has 8 nitrogen and oxygen atoms in total. The van der Waals surface area contributed by atoms with E-state index in [0.717, 1.165) is 32.1 Å². The molecule has 1 fully saturated rings. The summed E-state index contributed by atoms with van der Waals surface area (Å²) in [5, 5.41) is 10.3. The molecular formula is C21H31N5O3. The second-order valence-electron chi connectivity index (χ2n) is 8.75. The van der Waals surface area contributed by atoms with Gasteiger partial charge in [-0.15, -0.1) is 0 Å². The molecule has 2 amide bonds. The number of carbonyl (C=O) groups excluding carboxylic acids is 2. The molecule has 1 aliphatic rings. The zero-order valence-electron chi connectivity index (χ0n) is 17.7. The van der Waals surface area contributed by atoms with Crippen molar-refractivity contribution in [3.8, 4) is 5.82 Å². The second-order valence-corrected chi connectivity index (χ2v) is 8.75. The van der Waals surface area contributed by atoms with Crippen molar-refractivity contribution < 1.29 is 14.3 Å². The topological polar surface area (TPSA) is 90.2 Å². The van der Waals surface area contributed by atoms with E-state index >= 15 is 0 Å². The Morgan fingerprint density at radius 3 is 2.45 bits per heavy atom. The van der Waals surface area contributed by atoms with Gasteiger partial charge in [0, 0.05) is 26.0 Å². The van der Waals surface area contributed by atoms with E-state index in [0.29, 0.717) is 17.9 Å². The van der Waals surface area contributed by atoms with Gasteiger partial charge in [0.05, 0.1) is 11.7 Å². The van der Waals surface area contributed by atoms with Gasteiger partial charge in [0.1, 0.15) is 17.0 Å². The van der Waals surface area contributed by atoms with Crippen molar-refractivity contribution in [1.82, 2.24) is 25.0 Å². The highest BCUT2D eigenvalue weighted by Crippen LogP contribution is 2.28. The molecule has 1 saturated carbocycles. The monoisotopic (exact) mass is 401 g/mol. The van der Waals surface area contributed by atoms with Gasteiger partial charge in [-0.1, -0.05) is 19.3 Å². The first-order valence-electron chi connectivity index (χ1n) is 10.1. The molecule has 0 spiro atoms. The van der Waals surface area contributed by atoms with E-state index in [1.807, 2.05) is 49.9 Å². The predicted octanol–water partition coefficient (Wildman–Crippen LogP) is 3.17. The van der Waals surface area contributed by atoms with Gasteiger partial charge in [-0.2, -0.15) is 5.10 Å². The summed E-state index contributed by atoms with van der Waals surface area (Å²) in [6.07, 6.45) is 9.64. The van der Waals surface area contributed by atoms with E-state index in [1.165, 1.54) is 0 Å². The molecule has 2 heterocycles. The minimum Gasteiger partial charge on any atom is -0.444 e. The summed E-state index contributed by atoms with van der Waals surface area (Å²) in [5.74, 6) is 0.489. The average Bonchev–Trinajstić information content (AvgIpc) is 3.28. The number of nitrogens with one attached hydrogen (secondary N) is 2. The van der Waals surface area contributed by atoms with Crippen LogP contribution in [0.15, 0.2) is 30.7 Å². The van der Waals surface area contributed by atoms with E-state index < -0.39 is 17.2 Å². The van der Waals surface area contributed by atoms with Gasteiger partial charge in [0.25, 0.3) is 5.91 Å². The molecule has 0 aliphatic heterocycles. The Morgan fingerprint density at radius 2 is 1.83 bits per heavy atom. The van der Waals surface area contributed by atoms with E-state index in [-0.39, 0.29) is 5.91 Å². The van der Waals surface area contributed by atoms with Crippen molar-refractivity contribution in [2.45, 2.75) is 64.0 Å². The van der Waals surface area contributed by atoms with Crippen molar-refractivity contribution in [2.24, 2.45) is 7.05 Å². The Morgan fingerprint density at radius 1 is 1.17 bits per heavy atom. The van der Waals surface area contributed by atoms with Crippen LogP contribution in [0.1, 0.15) is 63.2 Å². The summed E-state index contributed by atoms with van der Waals surface area (Å²) in [7, 11) is 1.80. The van der Waals surface area contributed by atoms with Crippen molar-refractivity contribution in [3.05, 3.63) is 36.3 Å². The number of rotatable bonds is 5. The van der Waals surface area contributed by atoms with E-state index in [4.69, 9.17) is 4.74 Å². The summed E-state index contributed by atoms with van der Waals surface area (Å²) in [6.45, 7) is 5.87. The quantitative estimate of drug-likeness (QED) is 0.805. The minimum absolute atomic E-state index is 0.210. The number of alkyl carbamates (subject to hydrolysis) is 1. The smallest absolute Gasteiger partial charge is 0.408 e. The number of ether oxygens (including phenoxy) is 1. The molecule has 3 rings (SSSR count). The highest BCUT2D eigenvalue weighted by atomic mass is 16.6. The lowest BCUT2D eigenvalue weighted by atomic mass is 9.81. The average molecular weight is 402 g/mol. The fourth-order valence-electron chi connectivity index (χ4n) is 3.81. The van der Waals surface area contributed by atoms with Gasteiger partial charge >= 0.3 is 6.09 Å². The van der Waals surface area contributed by atoms with Gasteiger partial charge in [-0.05, 0) is 45.7 Å². The molecule has 158 valence electrons. The van der Waals surface area contributed by atoms with Gasteiger partial charge < -0.3 is 19.9 Å². The molecule has 2 aromatic heterocycles. The van der Waals surface area contributed by atoms with Crippen LogP contribution in [0, 0.1) is 0 Å². The van der Waals surface area contributed by atoms with Crippen LogP contribution in [0.5, 0.6) is 0 Å².